The van der Waals surface area contributed by atoms with Crippen LogP contribution < -0.4 is 0 Å². The zero-order valence-corrected chi connectivity index (χ0v) is 12.2. The summed E-state index contributed by atoms with van der Waals surface area (Å²) < 4.78 is 7.00. The Hall–Kier alpha value is -2.11. The van der Waals surface area contributed by atoms with Gasteiger partial charge in [-0.25, -0.2) is 0 Å². The Bertz CT molecular complexity index is 591. The Labute approximate surface area is 123 Å². The van der Waals surface area contributed by atoms with Gasteiger partial charge in [-0.3, -0.25) is 9.48 Å². The van der Waals surface area contributed by atoms with Crippen LogP contribution in [0.15, 0.2) is 29.0 Å². The number of hydrogen-bond donors (Lipinski definition) is 0. The summed E-state index contributed by atoms with van der Waals surface area (Å²) in [4.78, 5) is 14.5. The van der Waals surface area contributed by atoms with E-state index in [-0.39, 0.29) is 5.91 Å². The van der Waals surface area contributed by atoms with Gasteiger partial charge in [0.2, 0.25) is 0 Å². The molecule has 1 fully saturated rings. The quantitative estimate of drug-likeness (QED) is 0.866. The molecule has 6 nitrogen and oxygen atoms in total. The highest BCUT2D eigenvalue weighted by atomic mass is 16.5. The number of piperidine rings is 1. The van der Waals surface area contributed by atoms with Gasteiger partial charge in [-0.15, -0.1) is 0 Å². The summed E-state index contributed by atoms with van der Waals surface area (Å²) in [7, 11) is 0. The molecule has 0 radical (unpaired) electrons. The van der Waals surface area contributed by atoms with Gasteiger partial charge >= 0.3 is 0 Å². The zero-order chi connectivity index (χ0) is 14.7. The molecule has 6 heteroatoms. The molecule has 1 amide bonds. The van der Waals surface area contributed by atoms with Gasteiger partial charge < -0.3 is 9.42 Å². The van der Waals surface area contributed by atoms with Gasteiger partial charge in [-0.1, -0.05) is 12.1 Å². The predicted octanol–water partition coefficient (Wildman–Crippen LogP) is 2.32. The smallest absolute Gasteiger partial charge is 0.276 e. The Kier molecular flexibility index (Phi) is 4.03. The summed E-state index contributed by atoms with van der Waals surface area (Å²) in [5.41, 5.74) is 0.400. The number of carbonyl (C=O) groups excluding carboxylic acids is 1. The van der Waals surface area contributed by atoms with E-state index in [0.717, 1.165) is 25.8 Å². The molecule has 1 atom stereocenters. The summed E-state index contributed by atoms with van der Waals surface area (Å²) in [6, 6.07) is 3.91. The van der Waals surface area contributed by atoms with Gasteiger partial charge in [-0.2, -0.15) is 5.10 Å². The Balaban J connectivity index is 1.71. The molecule has 1 saturated heterocycles. The molecule has 3 heterocycles. The molecule has 0 bridgehead atoms. The molecular formula is C15H20N4O2. The summed E-state index contributed by atoms with van der Waals surface area (Å²) >= 11 is 0. The Morgan fingerprint density at radius 2 is 2.38 bits per heavy atom. The van der Waals surface area contributed by atoms with Crippen molar-refractivity contribution in [1.82, 2.24) is 19.8 Å². The highest BCUT2D eigenvalue weighted by Gasteiger charge is 2.28. The van der Waals surface area contributed by atoms with Crippen LogP contribution in [0.1, 0.15) is 48.9 Å². The topological polar surface area (TPSA) is 64.2 Å². The molecule has 1 aliphatic rings. The van der Waals surface area contributed by atoms with E-state index in [1.54, 1.807) is 16.9 Å². The first kappa shape index (κ1) is 13.9. The van der Waals surface area contributed by atoms with Crippen LogP contribution in [0, 0.1) is 0 Å². The lowest BCUT2D eigenvalue weighted by molar-refractivity contribution is 0.0597. The van der Waals surface area contributed by atoms with Crippen molar-refractivity contribution in [3.63, 3.8) is 0 Å². The maximum Gasteiger partial charge on any atom is 0.276 e. The highest BCUT2D eigenvalue weighted by Crippen LogP contribution is 2.21. The third kappa shape index (κ3) is 2.99. The SMILES string of the molecule is CCC1CCCCN1C(=O)c1cc(Cn2cccn2)on1. The minimum atomic E-state index is -0.0167. The maximum atomic E-state index is 12.6. The summed E-state index contributed by atoms with van der Waals surface area (Å²) in [6.45, 7) is 3.44. The molecule has 0 aliphatic carbocycles. The normalized spacial score (nSPS) is 18.9. The van der Waals surface area contributed by atoms with Crippen LogP contribution in [0.2, 0.25) is 0 Å². The van der Waals surface area contributed by atoms with Crippen molar-refractivity contribution < 1.29 is 9.32 Å². The van der Waals surface area contributed by atoms with Crippen molar-refractivity contribution in [2.24, 2.45) is 0 Å². The lowest BCUT2D eigenvalue weighted by atomic mass is 9.99. The van der Waals surface area contributed by atoms with E-state index in [4.69, 9.17) is 4.52 Å². The molecule has 112 valence electrons. The molecule has 21 heavy (non-hydrogen) atoms. The van der Waals surface area contributed by atoms with E-state index in [1.807, 2.05) is 17.2 Å². The van der Waals surface area contributed by atoms with Crippen LogP contribution >= 0.6 is 0 Å². The average Bonchev–Trinajstić information content (AvgIpc) is 3.19. The van der Waals surface area contributed by atoms with Gasteiger partial charge in [0, 0.05) is 31.0 Å². The van der Waals surface area contributed by atoms with E-state index in [0.29, 0.717) is 24.0 Å². The van der Waals surface area contributed by atoms with E-state index in [9.17, 15) is 4.79 Å². The lowest BCUT2D eigenvalue weighted by Gasteiger charge is -2.34. The van der Waals surface area contributed by atoms with Crippen molar-refractivity contribution in [2.45, 2.75) is 45.2 Å². The number of hydrogen-bond acceptors (Lipinski definition) is 4. The molecule has 3 rings (SSSR count). The minimum absolute atomic E-state index is 0.0167. The van der Waals surface area contributed by atoms with Crippen molar-refractivity contribution in [3.8, 4) is 0 Å². The summed E-state index contributed by atoms with van der Waals surface area (Å²) in [5.74, 6) is 0.629. The second-order valence-corrected chi connectivity index (χ2v) is 5.44. The number of aromatic nitrogens is 3. The predicted molar refractivity (Wildman–Crippen MR) is 76.8 cm³/mol. The number of rotatable bonds is 4. The first-order valence-electron chi connectivity index (χ1n) is 7.52. The molecule has 0 spiro atoms. The monoisotopic (exact) mass is 288 g/mol. The largest absolute Gasteiger partial charge is 0.359 e. The fraction of sp³-hybridized carbons (Fsp3) is 0.533. The first-order valence-corrected chi connectivity index (χ1v) is 7.52. The van der Waals surface area contributed by atoms with E-state index < -0.39 is 0 Å². The first-order chi connectivity index (χ1) is 10.3. The number of nitrogens with zero attached hydrogens (tertiary/aromatic N) is 4. The molecular weight excluding hydrogens is 268 g/mol. The zero-order valence-electron chi connectivity index (χ0n) is 12.2. The van der Waals surface area contributed by atoms with Crippen LogP contribution in [0.4, 0.5) is 0 Å². The highest BCUT2D eigenvalue weighted by molar-refractivity contribution is 5.92. The third-order valence-corrected chi connectivity index (χ3v) is 4.01. The van der Waals surface area contributed by atoms with E-state index in [1.165, 1.54) is 6.42 Å². The number of carbonyl (C=O) groups is 1. The van der Waals surface area contributed by atoms with Gasteiger partial charge in [0.05, 0.1) is 0 Å². The molecule has 2 aromatic rings. The maximum absolute atomic E-state index is 12.6. The Morgan fingerprint density at radius 1 is 1.48 bits per heavy atom. The van der Waals surface area contributed by atoms with Crippen molar-refractivity contribution in [1.29, 1.82) is 0 Å². The van der Waals surface area contributed by atoms with Crippen LogP contribution in [-0.4, -0.2) is 38.3 Å². The van der Waals surface area contributed by atoms with Gasteiger partial charge in [0.25, 0.3) is 5.91 Å². The standard InChI is InChI=1S/C15H20N4O2/c1-2-12-6-3-4-9-19(12)15(20)14-10-13(21-17-14)11-18-8-5-7-16-18/h5,7-8,10,12H,2-4,6,9,11H2,1H3. The number of likely N-dealkylation sites (tertiary alicyclic amines) is 1. The van der Waals surface area contributed by atoms with Crippen LogP contribution in [0.3, 0.4) is 0 Å². The fourth-order valence-electron chi connectivity index (χ4n) is 2.88. The third-order valence-electron chi connectivity index (χ3n) is 4.01. The van der Waals surface area contributed by atoms with Crippen LogP contribution in [0.5, 0.6) is 0 Å². The minimum Gasteiger partial charge on any atom is -0.359 e. The van der Waals surface area contributed by atoms with E-state index in [2.05, 4.69) is 17.2 Å². The van der Waals surface area contributed by atoms with Crippen LogP contribution in [-0.2, 0) is 6.54 Å². The van der Waals surface area contributed by atoms with Gasteiger partial charge in [0.1, 0.15) is 6.54 Å². The summed E-state index contributed by atoms with van der Waals surface area (Å²) in [6.07, 6.45) is 7.90. The van der Waals surface area contributed by atoms with Gasteiger partial charge in [0.15, 0.2) is 11.5 Å². The molecule has 1 aliphatic heterocycles. The second-order valence-electron chi connectivity index (χ2n) is 5.44. The fourth-order valence-corrected chi connectivity index (χ4v) is 2.88. The van der Waals surface area contributed by atoms with E-state index >= 15 is 0 Å². The molecule has 0 aromatic carbocycles. The van der Waals surface area contributed by atoms with Crippen molar-refractivity contribution in [3.05, 3.63) is 36.0 Å². The molecule has 0 N–H and O–H groups in total. The Morgan fingerprint density at radius 3 is 3.14 bits per heavy atom. The number of amides is 1. The van der Waals surface area contributed by atoms with Crippen molar-refractivity contribution in [2.75, 3.05) is 6.54 Å². The van der Waals surface area contributed by atoms with Crippen LogP contribution in [0.25, 0.3) is 0 Å². The van der Waals surface area contributed by atoms with Crippen molar-refractivity contribution >= 4 is 5.91 Å². The average molecular weight is 288 g/mol. The van der Waals surface area contributed by atoms with Gasteiger partial charge in [-0.05, 0) is 31.7 Å². The lowest BCUT2D eigenvalue weighted by Crippen LogP contribution is -2.43. The second kappa shape index (κ2) is 6.11. The molecule has 1 unspecified atom stereocenters. The molecule has 2 aromatic heterocycles. The summed E-state index contributed by atoms with van der Waals surface area (Å²) in [5, 5.41) is 8.05. The molecule has 0 saturated carbocycles.